The van der Waals surface area contributed by atoms with Gasteiger partial charge in [-0.05, 0) is 75.7 Å². The quantitative estimate of drug-likeness (QED) is 0.495. The molecule has 152 valence electrons. The van der Waals surface area contributed by atoms with Crippen LogP contribution in [0.1, 0.15) is 71.6 Å². The van der Waals surface area contributed by atoms with Gasteiger partial charge in [0.2, 0.25) is 0 Å². The molecule has 0 aromatic rings. The Balaban J connectivity index is 1.57. The van der Waals surface area contributed by atoms with Crippen molar-refractivity contribution >= 4 is 21.7 Å². The zero-order chi connectivity index (χ0) is 19.0. The van der Waals surface area contributed by atoms with Gasteiger partial charge in [0, 0.05) is 18.4 Å². The van der Waals surface area contributed by atoms with Crippen molar-refractivity contribution in [3.05, 3.63) is 11.8 Å². The summed E-state index contributed by atoms with van der Waals surface area (Å²) in [5.41, 5.74) is 0. The van der Waals surface area contributed by atoms with Crippen molar-refractivity contribution in [1.29, 1.82) is 0 Å². The third kappa shape index (κ3) is 3.90. The molecule has 3 aliphatic carbocycles. The molecule has 27 heavy (non-hydrogen) atoms. The first kappa shape index (κ1) is 19.9. The van der Waals surface area contributed by atoms with Crippen LogP contribution in [0.2, 0.25) is 0 Å². The number of hydrogen-bond acceptors (Lipinski definition) is 3. The van der Waals surface area contributed by atoms with Crippen LogP contribution in [0, 0.1) is 29.6 Å². The molecule has 6 unspecified atom stereocenters. The molecule has 1 heterocycles. The molecule has 0 radical (unpaired) electrons. The zero-order valence-electron chi connectivity index (χ0n) is 16.9. The molecule has 4 aliphatic rings. The van der Waals surface area contributed by atoms with Gasteiger partial charge in [-0.15, -0.1) is 0 Å². The summed E-state index contributed by atoms with van der Waals surface area (Å²) in [5.74, 6) is 3.61. The Morgan fingerprint density at radius 1 is 1.07 bits per heavy atom. The Hall–Kier alpha value is -0.350. The number of allylic oxidation sites excluding steroid dienone is 2. The fraction of sp³-hybridized carbons (Fsp3) is 0.870. The zero-order valence-corrected chi connectivity index (χ0v) is 18.5. The van der Waals surface area contributed by atoms with E-state index >= 15 is 0 Å². The molecule has 4 rings (SSSR count). The van der Waals surface area contributed by atoms with Crippen LogP contribution < -0.4 is 0 Å². The first-order valence-corrected chi connectivity index (χ1v) is 12.2. The van der Waals surface area contributed by atoms with Gasteiger partial charge in [0.1, 0.15) is 5.78 Å². The highest BCUT2D eigenvalue weighted by atomic mass is 79.9. The Morgan fingerprint density at radius 3 is 2.70 bits per heavy atom. The number of halogens is 1. The second-order valence-electron chi connectivity index (χ2n) is 9.24. The summed E-state index contributed by atoms with van der Waals surface area (Å²) < 4.78 is 12.7. The van der Waals surface area contributed by atoms with E-state index in [-0.39, 0.29) is 16.8 Å². The lowest BCUT2D eigenvalue weighted by Gasteiger charge is -2.40. The Kier molecular flexibility index (Phi) is 6.33. The van der Waals surface area contributed by atoms with Crippen molar-refractivity contribution in [2.45, 2.75) is 88.7 Å². The summed E-state index contributed by atoms with van der Waals surface area (Å²) >= 11 is 3.83. The van der Waals surface area contributed by atoms with Crippen molar-refractivity contribution in [2.75, 3.05) is 6.61 Å². The van der Waals surface area contributed by atoms with Crippen molar-refractivity contribution in [3.8, 4) is 0 Å². The van der Waals surface area contributed by atoms with Crippen molar-refractivity contribution in [2.24, 2.45) is 29.6 Å². The number of fused-ring (bicyclic) bond motifs is 5. The third-order valence-electron chi connectivity index (χ3n) is 7.63. The van der Waals surface area contributed by atoms with Crippen LogP contribution in [-0.2, 0) is 14.3 Å². The first-order chi connectivity index (χ1) is 13.1. The van der Waals surface area contributed by atoms with Crippen molar-refractivity contribution in [3.63, 3.8) is 0 Å². The predicted octanol–water partition coefficient (Wildman–Crippen LogP) is 5.66. The van der Waals surface area contributed by atoms with Crippen LogP contribution in [0.3, 0.4) is 0 Å². The van der Waals surface area contributed by atoms with E-state index in [0.717, 1.165) is 38.7 Å². The molecule has 0 amide bonds. The lowest BCUT2D eigenvalue weighted by molar-refractivity contribution is -0.128. The molecule has 3 nitrogen and oxygen atoms in total. The minimum Gasteiger partial charge on any atom is -0.495 e. The highest BCUT2D eigenvalue weighted by molar-refractivity contribution is 9.10. The first-order valence-electron chi connectivity index (χ1n) is 11.3. The summed E-state index contributed by atoms with van der Waals surface area (Å²) in [6.45, 7) is 5.23. The highest BCUT2D eigenvalue weighted by Crippen LogP contribution is 2.56. The Bertz CT molecular complexity index is 574. The third-order valence-corrected chi connectivity index (χ3v) is 8.69. The molecule has 0 N–H and O–H groups in total. The lowest BCUT2D eigenvalue weighted by Crippen LogP contribution is -2.46. The molecule has 1 saturated heterocycles. The van der Waals surface area contributed by atoms with E-state index in [4.69, 9.17) is 9.47 Å². The number of rotatable bonds is 1. The molecule has 0 spiro atoms. The van der Waals surface area contributed by atoms with E-state index in [0.29, 0.717) is 35.6 Å². The summed E-state index contributed by atoms with van der Waals surface area (Å²) in [5, 5.41) is 0. The van der Waals surface area contributed by atoms with E-state index in [1.807, 2.05) is 0 Å². The Morgan fingerprint density at radius 2 is 1.89 bits per heavy atom. The van der Waals surface area contributed by atoms with Gasteiger partial charge < -0.3 is 9.47 Å². The number of ketones is 1. The summed E-state index contributed by atoms with van der Waals surface area (Å²) in [6.07, 6.45) is 13.3. The van der Waals surface area contributed by atoms with E-state index in [1.165, 1.54) is 31.4 Å². The Labute approximate surface area is 172 Å². The van der Waals surface area contributed by atoms with Crippen LogP contribution in [-0.4, -0.2) is 29.4 Å². The van der Waals surface area contributed by atoms with E-state index in [9.17, 15) is 4.79 Å². The number of alkyl halides is 1. The van der Waals surface area contributed by atoms with Gasteiger partial charge >= 0.3 is 0 Å². The number of carbonyl (C=O) groups is 1. The van der Waals surface area contributed by atoms with Gasteiger partial charge in [-0.2, -0.15) is 0 Å². The van der Waals surface area contributed by atoms with Gasteiger partial charge in [0.05, 0.1) is 22.8 Å². The van der Waals surface area contributed by atoms with Gasteiger partial charge in [-0.3, -0.25) is 4.79 Å². The van der Waals surface area contributed by atoms with Crippen molar-refractivity contribution < 1.29 is 14.3 Å². The molecule has 2 saturated carbocycles. The normalized spacial score (nSPS) is 45.6. The molecular formula is C23H35BrO3. The minimum atomic E-state index is -0.0191. The highest BCUT2D eigenvalue weighted by Gasteiger charge is 2.55. The van der Waals surface area contributed by atoms with Crippen LogP contribution in [0.5, 0.6) is 0 Å². The molecule has 0 bridgehead atoms. The topological polar surface area (TPSA) is 35.5 Å². The van der Waals surface area contributed by atoms with Crippen molar-refractivity contribution in [1.82, 2.24) is 0 Å². The van der Waals surface area contributed by atoms with Gasteiger partial charge in [-0.25, -0.2) is 0 Å². The molecule has 8 atom stereocenters. The minimum absolute atomic E-state index is 0.0191. The van der Waals surface area contributed by atoms with E-state index in [1.54, 1.807) is 0 Å². The van der Waals surface area contributed by atoms with Gasteiger partial charge in [-0.1, -0.05) is 35.7 Å². The average Bonchev–Trinajstić information content (AvgIpc) is 3.26. The average molecular weight is 439 g/mol. The maximum atomic E-state index is 13.0. The summed E-state index contributed by atoms with van der Waals surface area (Å²) in [6, 6.07) is 0. The SMILES string of the molecule is CCC1CCCCC(C)OC2=C[C@H]3C4CCCC4C(=O)C(Br)[C@H]3C2CCO1. The van der Waals surface area contributed by atoms with Gasteiger partial charge in [0.15, 0.2) is 0 Å². The van der Waals surface area contributed by atoms with Gasteiger partial charge in [0.25, 0.3) is 0 Å². The fourth-order valence-electron chi connectivity index (χ4n) is 6.21. The van der Waals surface area contributed by atoms with Crippen LogP contribution in [0.4, 0.5) is 0 Å². The number of ether oxygens (including phenoxy) is 2. The molecular weight excluding hydrogens is 404 g/mol. The lowest BCUT2D eigenvalue weighted by atomic mass is 9.66. The maximum Gasteiger partial charge on any atom is 0.150 e. The second kappa shape index (κ2) is 8.57. The van der Waals surface area contributed by atoms with E-state index in [2.05, 4.69) is 35.9 Å². The smallest absolute Gasteiger partial charge is 0.150 e. The van der Waals surface area contributed by atoms with E-state index < -0.39 is 0 Å². The largest absolute Gasteiger partial charge is 0.495 e. The molecule has 1 aliphatic heterocycles. The summed E-state index contributed by atoms with van der Waals surface area (Å²) in [7, 11) is 0. The molecule has 4 heteroatoms. The number of Topliss-reactive ketones (excluding diaryl/α,β-unsaturated/α-hetero) is 1. The fourth-order valence-corrected chi connectivity index (χ4v) is 7.27. The molecule has 0 aromatic heterocycles. The van der Waals surface area contributed by atoms with Crippen LogP contribution in [0.15, 0.2) is 11.8 Å². The maximum absolute atomic E-state index is 13.0. The molecule has 0 aromatic carbocycles. The van der Waals surface area contributed by atoms with Crippen LogP contribution in [0.25, 0.3) is 0 Å². The van der Waals surface area contributed by atoms with Crippen LogP contribution >= 0.6 is 15.9 Å². The molecule has 3 fully saturated rings. The standard InChI is InChI=1S/C23H35BrO3/c1-3-15-8-5-4-7-14(2)27-20-13-19-16-9-6-10-17(16)23(25)22(24)21(19)18(20)11-12-26-15/h13-19,21-22H,3-12H2,1-2H3/t14?,15?,16?,17?,18?,19-,21-,22?/m0/s1. The number of hydrogen-bond donors (Lipinski definition) is 0. The second-order valence-corrected chi connectivity index (χ2v) is 10.2. The summed E-state index contributed by atoms with van der Waals surface area (Å²) in [4.78, 5) is 13.0. The predicted molar refractivity (Wildman–Crippen MR) is 111 cm³/mol. The number of carbonyl (C=O) groups excluding carboxylic acids is 1. The monoisotopic (exact) mass is 438 g/mol.